The lowest BCUT2D eigenvalue weighted by Gasteiger charge is -2.32. The maximum atomic E-state index is 12.7. The van der Waals surface area contributed by atoms with Crippen LogP contribution in [0.3, 0.4) is 0 Å². The molecule has 1 aliphatic rings. The second-order valence-electron chi connectivity index (χ2n) is 6.49. The Labute approximate surface area is 155 Å². The molecule has 0 saturated carbocycles. The number of hydrogen-bond acceptors (Lipinski definition) is 3. The van der Waals surface area contributed by atoms with Gasteiger partial charge < -0.3 is 10.6 Å². The zero-order valence-electron chi connectivity index (χ0n) is 14.9. The van der Waals surface area contributed by atoms with Crippen molar-refractivity contribution in [3.63, 3.8) is 0 Å². The summed E-state index contributed by atoms with van der Waals surface area (Å²) in [5.41, 5.74) is 3.87. The number of rotatable bonds is 6. The summed E-state index contributed by atoms with van der Waals surface area (Å²) >= 11 is 0. The number of amides is 1. The summed E-state index contributed by atoms with van der Waals surface area (Å²) < 4.78 is 0. The molecule has 0 atom stereocenters. The van der Waals surface area contributed by atoms with Crippen molar-refractivity contribution in [2.45, 2.75) is 45.1 Å². The summed E-state index contributed by atoms with van der Waals surface area (Å²) in [4.78, 5) is 12.7. The number of carbonyl (C=O) groups is 1. The Morgan fingerprint density at radius 1 is 1.24 bits per heavy atom. The molecule has 3 rings (SSSR count). The highest BCUT2D eigenvalue weighted by molar-refractivity contribution is 5.94. The number of carbonyl (C=O) groups excluding carboxylic acids is 1. The smallest absolute Gasteiger partial charge is 0.272 e. The molecule has 0 spiro atoms. The van der Waals surface area contributed by atoms with E-state index in [9.17, 15) is 4.79 Å². The van der Waals surface area contributed by atoms with E-state index in [2.05, 4.69) is 58.9 Å². The van der Waals surface area contributed by atoms with Gasteiger partial charge in [0.2, 0.25) is 0 Å². The number of nitrogens with one attached hydrogen (secondary N) is 3. The van der Waals surface area contributed by atoms with Crippen LogP contribution in [0.2, 0.25) is 0 Å². The van der Waals surface area contributed by atoms with Crippen LogP contribution in [0.5, 0.6) is 0 Å². The van der Waals surface area contributed by atoms with Crippen molar-refractivity contribution in [2.75, 3.05) is 13.1 Å². The lowest BCUT2D eigenvalue weighted by molar-refractivity contribution is 0.0935. The number of hydrogen-bond donors (Lipinski definition) is 3. The lowest BCUT2D eigenvalue weighted by atomic mass is 9.76. The minimum absolute atomic E-state index is 0. The number of H-pyrrole nitrogens is 1. The number of aromatic amines is 1. The molecule has 0 radical (unpaired) electrons. The molecule has 1 aromatic carbocycles. The van der Waals surface area contributed by atoms with Crippen LogP contribution >= 0.6 is 12.4 Å². The van der Waals surface area contributed by atoms with E-state index in [1.165, 1.54) is 5.56 Å². The molecule has 3 N–H and O–H groups in total. The Hall–Kier alpha value is -1.85. The SMILES string of the molecule is CCC(CC)(CNC(=O)c1n[nH]c2c1CNCC2)c1ccccc1.Cl. The third kappa shape index (κ3) is 3.88. The fourth-order valence-electron chi connectivity index (χ4n) is 3.55. The maximum Gasteiger partial charge on any atom is 0.272 e. The summed E-state index contributed by atoms with van der Waals surface area (Å²) in [6.07, 6.45) is 2.86. The van der Waals surface area contributed by atoms with Gasteiger partial charge in [0.1, 0.15) is 0 Å². The zero-order valence-corrected chi connectivity index (χ0v) is 15.7. The third-order valence-corrected chi connectivity index (χ3v) is 5.35. The average Bonchev–Trinajstić information content (AvgIpc) is 3.08. The molecular weight excluding hydrogens is 336 g/mol. The predicted octanol–water partition coefficient (Wildman–Crippen LogP) is 2.97. The first-order chi connectivity index (χ1) is 11.7. The molecule has 0 aliphatic carbocycles. The van der Waals surface area contributed by atoms with Crippen molar-refractivity contribution in [2.24, 2.45) is 0 Å². The largest absolute Gasteiger partial charge is 0.350 e. The minimum Gasteiger partial charge on any atom is -0.350 e. The molecule has 0 bridgehead atoms. The summed E-state index contributed by atoms with van der Waals surface area (Å²) in [5, 5.41) is 13.7. The van der Waals surface area contributed by atoms with Gasteiger partial charge in [-0.25, -0.2) is 0 Å². The van der Waals surface area contributed by atoms with Gasteiger partial charge in [-0.3, -0.25) is 9.89 Å². The molecule has 5 nitrogen and oxygen atoms in total. The monoisotopic (exact) mass is 362 g/mol. The zero-order chi connectivity index (χ0) is 17.0. The van der Waals surface area contributed by atoms with E-state index in [0.29, 0.717) is 18.8 Å². The van der Waals surface area contributed by atoms with E-state index in [1.807, 2.05) is 6.07 Å². The van der Waals surface area contributed by atoms with Gasteiger partial charge in [0, 0.05) is 42.7 Å². The topological polar surface area (TPSA) is 69.8 Å². The van der Waals surface area contributed by atoms with Crippen LogP contribution in [0.4, 0.5) is 0 Å². The average molecular weight is 363 g/mol. The second-order valence-corrected chi connectivity index (χ2v) is 6.49. The van der Waals surface area contributed by atoms with Crippen LogP contribution in [0.1, 0.15) is 54.0 Å². The van der Waals surface area contributed by atoms with Crippen LogP contribution in [0.25, 0.3) is 0 Å². The van der Waals surface area contributed by atoms with Crippen LogP contribution in [-0.2, 0) is 18.4 Å². The van der Waals surface area contributed by atoms with Gasteiger partial charge in [0.15, 0.2) is 5.69 Å². The summed E-state index contributed by atoms with van der Waals surface area (Å²) in [7, 11) is 0. The fourth-order valence-corrected chi connectivity index (χ4v) is 3.55. The van der Waals surface area contributed by atoms with Gasteiger partial charge in [-0.2, -0.15) is 5.10 Å². The van der Waals surface area contributed by atoms with E-state index in [1.54, 1.807) is 0 Å². The number of benzene rings is 1. The van der Waals surface area contributed by atoms with E-state index >= 15 is 0 Å². The molecular formula is C19H27ClN4O. The molecule has 0 fully saturated rings. The Balaban J connectivity index is 0.00000225. The normalized spacial score (nSPS) is 13.7. The summed E-state index contributed by atoms with van der Waals surface area (Å²) in [5.74, 6) is -0.0848. The van der Waals surface area contributed by atoms with Crippen LogP contribution in [0, 0.1) is 0 Å². The van der Waals surface area contributed by atoms with Crippen molar-refractivity contribution in [3.8, 4) is 0 Å². The van der Waals surface area contributed by atoms with E-state index < -0.39 is 0 Å². The van der Waals surface area contributed by atoms with Gasteiger partial charge in [-0.05, 0) is 18.4 Å². The molecule has 2 aromatic rings. The first-order valence-corrected chi connectivity index (χ1v) is 8.80. The van der Waals surface area contributed by atoms with Crippen molar-refractivity contribution >= 4 is 18.3 Å². The van der Waals surface area contributed by atoms with Crippen molar-refractivity contribution < 1.29 is 4.79 Å². The quantitative estimate of drug-likeness (QED) is 0.740. The second kappa shape index (κ2) is 8.50. The van der Waals surface area contributed by atoms with Gasteiger partial charge in [0.25, 0.3) is 5.91 Å². The molecule has 1 aliphatic heterocycles. The standard InChI is InChI=1S/C19H26N4O.ClH/c1-3-19(4-2,14-8-6-5-7-9-14)13-21-18(24)17-15-12-20-11-10-16(15)22-23-17;/h5-9,20H,3-4,10-13H2,1-2H3,(H,21,24)(H,22,23);1H. The number of halogens is 1. The number of nitrogens with zero attached hydrogens (tertiary/aromatic N) is 1. The molecule has 136 valence electrons. The van der Waals surface area contributed by atoms with Crippen LogP contribution in [-0.4, -0.2) is 29.2 Å². The summed E-state index contributed by atoms with van der Waals surface area (Å²) in [6.45, 7) is 6.63. The predicted molar refractivity (Wildman–Crippen MR) is 102 cm³/mol. The Morgan fingerprint density at radius 3 is 2.64 bits per heavy atom. The van der Waals surface area contributed by atoms with Crippen molar-refractivity contribution in [1.82, 2.24) is 20.8 Å². The summed E-state index contributed by atoms with van der Waals surface area (Å²) in [6, 6.07) is 10.5. The van der Waals surface area contributed by atoms with Gasteiger partial charge in [0.05, 0.1) is 0 Å². The maximum absolute atomic E-state index is 12.7. The van der Waals surface area contributed by atoms with Crippen LogP contribution in [0.15, 0.2) is 30.3 Å². The molecule has 1 aromatic heterocycles. The van der Waals surface area contributed by atoms with Gasteiger partial charge >= 0.3 is 0 Å². The minimum atomic E-state index is -0.0848. The van der Waals surface area contributed by atoms with Crippen molar-refractivity contribution in [1.29, 1.82) is 0 Å². The molecule has 0 saturated heterocycles. The first kappa shape index (κ1) is 19.5. The molecule has 0 unspecified atom stereocenters. The molecule has 2 heterocycles. The molecule has 6 heteroatoms. The first-order valence-electron chi connectivity index (χ1n) is 8.80. The van der Waals surface area contributed by atoms with E-state index in [0.717, 1.165) is 37.1 Å². The molecule has 25 heavy (non-hydrogen) atoms. The van der Waals surface area contributed by atoms with E-state index in [-0.39, 0.29) is 23.7 Å². The Kier molecular flexibility index (Phi) is 6.62. The third-order valence-electron chi connectivity index (χ3n) is 5.35. The van der Waals surface area contributed by atoms with Crippen LogP contribution < -0.4 is 10.6 Å². The Bertz CT molecular complexity index is 695. The molecule has 1 amide bonds. The highest BCUT2D eigenvalue weighted by Crippen LogP contribution is 2.31. The highest BCUT2D eigenvalue weighted by Gasteiger charge is 2.30. The number of aromatic nitrogens is 2. The van der Waals surface area contributed by atoms with E-state index in [4.69, 9.17) is 0 Å². The Morgan fingerprint density at radius 2 is 1.96 bits per heavy atom. The fraction of sp³-hybridized carbons (Fsp3) is 0.474. The highest BCUT2D eigenvalue weighted by atomic mass is 35.5. The van der Waals surface area contributed by atoms with Gasteiger partial charge in [-0.1, -0.05) is 44.2 Å². The van der Waals surface area contributed by atoms with Gasteiger partial charge in [-0.15, -0.1) is 12.4 Å². The number of fused-ring (bicyclic) bond motifs is 1. The van der Waals surface area contributed by atoms with Crippen molar-refractivity contribution in [3.05, 3.63) is 52.8 Å². The lowest BCUT2D eigenvalue weighted by Crippen LogP contribution is -2.40.